The molecule has 92 valence electrons. The van der Waals surface area contributed by atoms with Crippen LogP contribution in [0.1, 0.15) is 24.3 Å². The Kier molecular flexibility index (Phi) is 3.07. The van der Waals surface area contributed by atoms with Crippen molar-refractivity contribution in [2.45, 2.75) is 18.8 Å². The predicted molar refractivity (Wildman–Crippen MR) is 72.0 cm³/mol. The molecule has 3 nitrogen and oxygen atoms in total. The predicted octanol–water partition coefficient (Wildman–Crippen LogP) is 2.60. The maximum absolute atomic E-state index is 5.66. The number of nitrogens with two attached hydrogens (primary N) is 1. The zero-order chi connectivity index (χ0) is 12.4. The van der Waals surface area contributed by atoms with Crippen molar-refractivity contribution in [2.75, 3.05) is 6.54 Å². The summed E-state index contributed by atoms with van der Waals surface area (Å²) < 4.78 is 0. The lowest BCUT2D eigenvalue weighted by Crippen LogP contribution is -2.28. The second-order valence-corrected chi connectivity index (χ2v) is 4.96. The van der Waals surface area contributed by atoms with Crippen LogP contribution in [0.15, 0.2) is 42.7 Å². The number of hydrogen-bond donors (Lipinski definition) is 1. The van der Waals surface area contributed by atoms with Gasteiger partial charge < -0.3 is 5.73 Å². The highest BCUT2D eigenvalue weighted by Gasteiger charge is 2.28. The SMILES string of the molecule is NCC1CC(c2ccc(-c3ncccn3)cc2)C1. The van der Waals surface area contributed by atoms with Gasteiger partial charge >= 0.3 is 0 Å². The van der Waals surface area contributed by atoms with Gasteiger partial charge in [0.05, 0.1) is 0 Å². The molecule has 1 saturated carbocycles. The highest BCUT2D eigenvalue weighted by Crippen LogP contribution is 2.41. The fraction of sp³-hybridized carbons (Fsp3) is 0.333. The van der Waals surface area contributed by atoms with E-state index in [1.807, 2.05) is 6.07 Å². The van der Waals surface area contributed by atoms with Gasteiger partial charge in [-0.25, -0.2) is 9.97 Å². The standard InChI is InChI=1S/C15H17N3/c16-10-11-8-14(9-11)12-2-4-13(5-3-12)15-17-6-1-7-18-15/h1-7,11,14H,8-10,16H2. The van der Waals surface area contributed by atoms with Crippen LogP contribution >= 0.6 is 0 Å². The molecule has 0 saturated heterocycles. The summed E-state index contributed by atoms with van der Waals surface area (Å²) in [7, 11) is 0. The summed E-state index contributed by atoms with van der Waals surface area (Å²) in [5.41, 5.74) is 8.15. The molecule has 2 N–H and O–H groups in total. The van der Waals surface area contributed by atoms with Crippen molar-refractivity contribution in [3.8, 4) is 11.4 Å². The Bertz CT molecular complexity index is 501. The van der Waals surface area contributed by atoms with Gasteiger partial charge in [0, 0.05) is 18.0 Å². The maximum Gasteiger partial charge on any atom is 0.159 e. The zero-order valence-electron chi connectivity index (χ0n) is 10.3. The second kappa shape index (κ2) is 4.86. The molecule has 0 spiro atoms. The summed E-state index contributed by atoms with van der Waals surface area (Å²) in [5.74, 6) is 2.22. The number of aromatic nitrogens is 2. The van der Waals surface area contributed by atoms with Crippen LogP contribution in [0.5, 0.6) is 0 Å². The van der Waals surface area contributed by atoms with Crippen molar-refractivity contribution >= 4 is 0 Å². The largest absolute Gasteiger partial charge is 0.330 e. The number of benzene rings is 1. The van der Waals surface area contributed by atoms with Crippen molar-refractivity contribution in [2.24, 2.45) is 11.7 Å². The first-order chi connectivity index (χ1) is 8.86. The van der Waals surface area contributed by atoms with Crippen LogP contribution in [0.3, 0.4) is 0 Å². The van der Waals surface area contributed by atoms with Gasteiger partial charge in [0.1, 0.15) is 0 Å². The van der Waals surface area contributed by atoms with E-state index in [4.69, 9.17) is 5.73 Å². The van der Waals surface area contributed by atoms with Crippen molar-refractivity contribution < 1.29 is 0 Å². The lowest BCUT2D eigenvalue weighted by Gasteiger charge is -2.34. The van der Waals surface area contributed by atoms with Gasteiger partial charge in [0.15, 0.2) is 5.82 Å². The Morgan fingerprint density at radius 2 is 1.72 bits per heavy atom. The molecule has 18 heavy (non-hydrogen) atoms. The zero-order valence-corrected chi connectivity index (χ0v) is 10.3. The van der Waals surface area contributed by atoms with Gasteiger partial charge in [-0.3, -0.25) is 0 Å². The van der Waals surface area contributed by atoms with Gasteiger partial charge in [0.25, 0.3) is 0 Å². The fourth-order valence-electron chi connectivity index (χ4n) is 2.55. The third kappa shape index (κ3) is 2.14. The van der Waals surface area contributed by atoms with Crippen LogP contribution in [-0.2, 0) is 0 Å². The third-order valence-electron chi connectivity index (χ3n) is 3.78. The van der Waals surface area contributed by atoms with Crippen LogP contribution in [-0.4, -0.2) is 16.5 Å². The highest BCUT2D eigenvalue weighted by molar-refractivity contribution is 5.55. The molecule has 0 atom stereocenters. The molecular formula is C15H17N3. The summed E-state index contributed by atoms with van der Waals surface area (Å²) in [5, 5.41) is 0. The number of nitrogens with zero attached hydrogens (tertiary/aromatic N) is 2. The van der Waals surface area contributed by atoms with E-state index in [2.05, 4.69) is 34.2 Å². The average molecular weight is 239 g/mol. The molecule has 1 aliphatic carbocycles. The van der Waals surface area contributed by atoms with E-state index in [-0.39, 0.29) is 0 Å². The Morgan fingerprint density at radius 3 is 2.33 bits per heavy atom. The Morgan fingerprint density at radius 1 is 1.06 bits per heavy atom. The molecule has 0 unspecified atom stereocenters. The Hall–Kier alpha value is -1.74. The maximum atomic E-state index is 5.66. The van der Waals surface area contributed by atoms with Gasteiger partial charge in [-0.05, 0) is 42.9 Å². The van der Waals surface area contributed by atoms with Gasteiger partial charge in [-0.2, -0.15) is 0 Å². The summed E-state index contributed by atoms with van der Waals surface area (Å²) in [6.45, 7) is 0.826. The van der Waals surface area contributed by atoms with E-state index in [0.717, 1.165) is 23.9 Å². The quantitative estimate of drug-likeness (QED) is 0.895. The Labute approximate surface area is 107 Å². The smallest absolute Gasteiger partial charge is 0.159 e. The topological polar surface area (TPSA) is 51.8 Å². The molecule has 0 bridgehead atoms. The monoisotopic (exact) mass is 239 g/mol. The first-order valence-corrected chi connectivity index (χ1v) is 6.44. The molecule has 0 aliphatic heterocycles. The first kappa shape index (κ1) is 11.4. The van der Waals surface area contributed by atoms with Gasteiger partial charge in [0.2, 0.25) is 0 Å². The third-order valence-corrected chi connectivity index (χ3v) is 3.78. The molecule has 1 aromatic heterocycles. The van der Waals surface area contributed by atoms with E-state index >= 15 is 0 Å². The van der Waals surface area contributed by atoms with Crippen LogP contribution in [0.4, 0.5) is 0 Å². The normalized spacial score (nSPS) is 22.5. The van der Waals surface area contributed by atoms with Gasteiger partial charge in [-0.15, -0.1) is 0 Å². The number of rotatable bonds is 3. The average Bonchev–Trinajstić information content (AvgIpc) is 2.39. The molecule has 1 aromatic carbocycles. The van der Waals surface area contributed by atoms with Gasteiger partial charge in [-0.1, -0.05) is 24.3 Å². The fourth-order valence-corrected chi connectivity index (χ4v) is 2.55. The van der Waals surface area contributed by atoms with E-state index in [9.17, 15) is 0 Å². The van der Waals surface area contributed by atoms with E-state index in [1.54, 1.807) is 12.4 Å². The number of hydrogen-bond acceptors (Lipinski definition) is 3. The van der Waals surface area contributed by atoms with E-state index in [0.29, 0.717) is 5.92 Å². The molecule has 0 radical (unpaired) electrons. The van der Waals surface area contributed by atoms with Crippen molar-refractivity contribution in [1.82, 2.24) is 9.97 Å². The minimum Gasteiger partial charge on any atom is -0.330 e. The summed E-state index contributed by atoms with van der Waals surface area (Å²) in [6.07, 6.45) is 6.01. The van der Waals surface area contributed by atoms with Crippen molar-refractivity contribution in [3.05, 3.63) is 48.3 Å². The van der Waals surface area contributed by atoms with E-state index < -0.39 is 0 Å². The second-order valence-electron chi connectivity index (χ2n) is 4.96. The molecule has 3 rings (SSSR count). The van der Waals surface area contributed by atoms with Crippen LogP contribution in [0.2, 0.25) is 0 Å². The molecule has 0 amide bonds. The Balaban J connectivity index is 1.74. The van der Waals surface area contributed by atoms with E-state index in [1.165, 1.54) is 18.4 Å². The molecular weight excluding hydrogens is 222 g/mol. The first-order valence-electron chi connectivity index (χ1n) is 6.44. The molecule has 1 fully saturated rings. The molecule has 1 heterocycles. The van der Waals surface area contributed by atoms with Crippen LogP contribution < -0.4 is 5.73 Å². The van der Waals surface area contributed by atoms with Crippen LogP contribution in [0, 0.1) is 5.92 Å². The van der Waals surface area contributed by atoms with Crippen molar-refractivity contribution in [1.29, 1.82) is 0 Å². The van der Waals surface area contributed by atoms with Crippen molar-refractivity contribution in [3.63, 3.8) is 0 Å². The lowest BCUT2D eigenvalue weighted by molar-refractivity contribution is 0.272. The molecule has 3 heteroatoms. The highest BCUT2D eigenvalue weighted by atomic mass is 14.8. The molecule has 1 aliphatic rings. The molecule has 2 aromatic rings. The summed E-state index contributed by atoms with van der Waals surface area (Å²) >= 11 is 0. The minimum absolute atomic E-state index is 0.698. The minimum atomic E-state index is 0.698. The summed E-state index contributed by atoms with van der Waals surface area (Å²) in [4.78, 5) is 8.51. The van der Waals surface area contributed by atoms with Crippen LogP contribution in [0.25, 0.3) is 11.4 Å². The summed E-state index contributed by atoms with van der Waals surface area (Å²) in [6, 6.07) is 10.5. The lowest BCUT2D eigenvalue weighted by atomic mass is 9.71.